The van der Waals surface area contributed by atoms with Gasteiger partial charge in [0.15, 0.2) is 0 Å². The van der Waals surface area contributed by atoms with Crippen molar-refractivity contribution in [1.29, 1.82) is 0 Å². The number of phenolic OH excluding ortho intramolecular Hbond substituents is 1. The van der Waals surface area contributed by atoms with Crippen LogP contribution in [0.3, 0.4) is 0 Å². The number of carbonyl (C=O) groups is 2. The van der Waals surface area contributed by atoms with Crippen molar-refractivity contribution < 1.29 is 14.7 Å². The van der Waals surface area contributed by atoms with E-state index < -0.39 is 0 Å². The Morgan fingerprint density at radius 3 is 2.08 bits per heavy atom. The van der Waals surface area contributed by atoms with Crippen molar-refractivity contribution >= 4 is 23.2 Å². The highest BCUT2D eigenvalue weighted by Gasteiger charge is 2.07. The van der Waals surface area contributed by atoms with Crippen LogP contribution < -0.4 is 10.6 Å². The van der Waals surface area contributed by atoms with Gasteiger partial charge in [-0.25, -0.2) is 0 Å². The lowest BCUT2D eigenvalue weighted by Crippen LogP contribution is -2.13. The number of nitrogens with one attached hydrogen (secondary N) is 2. The number of aromatic hydroxyl groups is 1. The van der Waals surface area contributed by atoms with Gasteiger partial charge in [0.25, 0.3) is 5.91 Å². The minimum absolute atomic E-state index is 0.00241. The summed E-state index contributed by atoms with van der Waals surface area (Å²) in [4.78, 5) is 24.0. The van der Waals surface area contributed by atoms with Crippen LogP contribution in [0.1, 0.15) is 49.4 Å². The highest BCUT2D eigenvalue weighted by molar-refractivity contribution is 6.04. The second-order valence-electron chi connectivity index (χ2n) is 5.94. The van der Waals surface area contributed by atoms with Crippen molar-refractivity contribution in [3.05, 3.63) is 54.1 Å². The second kappa shape index (κ2) is 9.47. The number of carbonyl (C=O) groups excluding carboxylic acids is 2. The van der Waals surface area contributed by atoms with E-state index >= 15 is 0 Å². The van der Waals surface area contributed by atoms with E-state index in [9.17, 15) is 14.7 Å². The zero-order valence-electron chi connectivity index (χ0n) is 14.4. The summed E-state index contributed by atoms with van der Waals surface area (Å²) in [6.45, 7) is 2.14. The molecule has 132 valence electrons. The number of hydrogen-bond donors (Lipinski definition) is 3. The molecule has 25 heavy (non-hydrogen) atoms. The van der Waals surface area contributed by atoms with E-state index in [2.05, 4.69) is 17.6 Å². The van der Waals surface area contributed by atoms with Crippen LogP contribution >= 0.6 is 0 Å². The van der Waals surface area contributed by atoms with Crippen molar-refractivity contribution in [2.45, 2.75) is 39.0 Å². The number of anilines is 2. The van der Waals surface area contributed by atoms with Gasteiger partial charge in [-0.2, -0.15) is 0 Å². The normalized spacial score (nSPS) is 10.3. The first-order valence-corrected chi connectivity index (χ1v) is 8.59. The number of rotatable bonds is 8. The van der Waals surface area contributed by atoms with Gasteiger partial charge in [0.2, 0.25) is 5.91 Å². The molecule has 0 radical (unpaired) electrons. The molecule has 0 aliphatic rings. The summed E-state index contributed by atoms with van der Waals surface area (Å²) in [6.07, 6.45) is 4.78. The van der Waals surface area contributed by atoms with Crippen molar-refractivity contribution in [1.82, 2.24) is 0 Å². The molecule has 2 amide bonds. The summed E-state index contributed by atoms with van der Waals surface area (Å²) in [5.74, 6) is -0.103. The third-order valence-electron chi connectivity index (χ3n) is 3.81. The van der Waals surface area contributed by atoms with Gasteiger partial charge in [0.05, 0.1) is 0 Å². The summed E-state index contributed by atoms with van der Waals surface area (Å²) in [5, 5.41) is 14.8. The zero-order valence-corrected chi connectivity index (χ0v) is 14.4. The molecule has 2 rings (SSSR count). The van der Waals surface area contributed by atoms with E-state index in [4.69, 9.17) is 0 Å². The third-order valence-corrected chi connectivity index (χ3v) is 3.81. The Labute approximate surface area is 148 Å². The van der Waals surface area contributed by atoms with E-state index in [0.29, 0.717) is 23.4 Å². The van der Waals surface area contributed by atoms with Gasteiger partial charge in [-0.3, -0.25) is 9.59 Å². The largest absolute Gasteiger partial charge is 0.508 e. The minimum Gasteiger partial charge on any atom is -0.508 e. The first kappa shape index (κ1) is 18.5. The molecule has 0 aromatic heterocycles. The Morgan fingerprint density at radius 1 is 0.840 bits per heavy atom. The van der Waals surface area contributed by atoms with Crippen LogP contribution in [0.4, 0.5) is 11.4 Å². The zero-order chi connectivity index (χ0) is 18.1. The van der Waals surface area contributed by atoms with E-state index in [1.807, 2.05) is 0 Å². The van der Waals surface area contributed by atoms with Crippen molar-refractivity contribution in [2.24, 2.45) is 0 Å². The van der Waals surface area contributed by atoms with Crippen molar-refractivity contribution in [2.75, 3.05) is 10.6 Å². The molecule has 0 bridgehead atoms. The maximum atomic E-state index is 12.2. The Morgan fingerprint density at radius 2 is 1.44 bits per heavy atom. The maximum Gasteiger partial charge on any atom is 0.255 e. The van der Waals surface area contributed by atoms with Crippen LogP contribution in [0.2, 0.25) is 0 Å². The molecule has 2 aromatic rings. The molecule has 0 aliphatic carbocycles. The van der Waals surface area contributed by atoms with E-state index in [1.165, 1.54) is 12.1 Å². The molecule has 2 aromatic carbocycles. The Balaban J connectivity index is 1.85. The lowest BCUT2D eigenvalue weighted by Gasteiger charge is -2.08. The lowest BCUT2D eigenvalue weighted by molar-refractivity contribution is -0.116. The van der Waals surface area contributed by atoms with E-state index in [0.717, 1.165) is 25.7 Å². The van der Waals surface area contributed by atoms with Gasteiger partial charge in [-0.15, -0.1) is 0 Å². The first-order chi connectivity index (χ1) is 12.1. The molecule has 0 spiro atoms. The number of hydrogen-bond acceptors (Lipinski definition) is 3. The molecule has 0 heterocycles. The summed E-state index contributed by atoms with van der Waals surface area (Å²) in [7, 11) is 0. The smallest absolute Gasteiger partial charge is 0.255 e. The van der Waals surface area contributed by atoms with E-state index in [1.54, 1.807) is 36.4 Å². The molecule has 0 unspecified atom stereocenters. The summed E-state index contributed by atoms with van der Waals surface area (Å²) in [6, 6.07) is 13.0. The topological polar surface area (TPSA) is 78.4 Å². The highest BCUT2D eigenvalue weighted by Crippen LogP contribution is 2.16. The van der Waals surface area contributed by atoms with Gasteiger partial charge in [-0.05, 0) is 55.0 Å². The van der Waals surface area contributed by atoms with Crippen LogP contribution in [0.25, 0.3) is 0 Å². The van der Waals surface area contributed by atoms with Crippen LogP contribution in [0.5, 0.6) is 5.75 Å². The van der Waals surface area contributed by atoms with Gasteiger partial charge in [-0.1, -0.05) is 26.2 Å². The Bertz CT molecular complexity index is 694. The van der Waals surface area contributed by atoms with Gasteiger partial charge in [0, 0.05) is 23.4 Å². The highest BCUT2D eigenvalue weighted by atomic mass is 16.3. The molecule has 0 saturated heterocycles. The molecular weight excluding hydrogens is 316 g/mol. The van der Waals surface area contributed by atoms with Gasteiger partial charge in [0.1, 0.15) is 5.75 Å². The SMILES string of the molecule is CCCCCCC(=O)Nc1ccc(C(=O)Nc2ccc(O)cc2)cc1. The van der Waals surface area contributed by atoms with Crippen LogP contribution in [0.15, 0.2) is 48.5 Å². The predicted molar refractivity (Wildman–Crippen MR) is 99.9 cm³/mol. The van der Waals surface area contributed by atoms with Crippen molar-refractivity contribution in [3.8, 4) is 5.75 Å². The Hall–Kier alpha value is -2.82. The lowest BCUT2D eigenvalue weighted by atomic mass is 10.1. The number of amides is 2. The standard InChI is InChI=1S/C20H24N2O3/c1-2-3-4-5-6-19(24)21-16-9-7-15(8-10-16)20(25)22-17-11-13-18(23)14-12-17/h7-14,23H,2-6H2,1H3,(H,21,24)(H,22,25). The van der Waals surface area contributed by atoms with Gasteiger partial charge < -0.3 is 15.7 Å². The molecule has 0 atom stereocenters. The average molecular weight is 340 g/mol. The molecular formula is C20H24N2O3. The molecule has 0 fully saturated rings. The molecule has 5 nitrogen and oxygen atoms in total. The fourth-order valence-corrected chi connectivity index (χ4v) is 2.39. The maximum absolute atomic E-state index is 12.2. The quantitative estimate of drug-likeness (QED) is 0.487. The molecule has 3 N–H and O–H groups in total. The van der Waals surface area contributed by atoms with Crippen LogP contribution in [-0.4, -0.2) is 16.9 Å². The number of benzene rings is 2. The molecule has 0 saturated carbocycles. The monoisotopic (exact) mass is 340 g/mol. The average Bonchev–Trinajstić information content (AvgIpc) is 2.61. The summed E-state index contributed by atoms with van der Waals surface area (Å²) < 4.78 is 0. The fraction of sp³-hybridized carbons (Fsp3) is 0.300. The minimum atomic E-state index is -0.247. The van der Waals surface area contributed by atoms with Crippen molar-refractivity contribution in [3.63, 3.8) is 0 Å². The van der Waals surface area contributed by atoms with Crippen LogP contribution in [0, 0.1) is 0 Å². The second-order valence-corrected chi connectivity index (χ2v) is 5.94. The fourth-order valence-electron chi connectivity index (χ4n) is 2.39. The first-order valence-electron chi connectivity index (χ1n) is 8.59. The molecule has 0 aliphatic heterocycles. The van der Waals surface area contributed by atoms with Crippen LogP contribution in [-0.2, 0) is 4.79 Å². The third kappa shape index (κ3) is 6.30. The molecule has 5 heteroatoms. The van der Waals surface area contributed by atoms with E-state index in [-0.39, 0.29) is 17.6 Å². The Kier molecular flexibility index (Phi) is 7.01. The van der Waals surface area contributed by atoms with Gasteiger partial charge >= 0.3 is 0 Å². The number of phenols is 1. The summed E-state index contributed by atoms with van der Waals surface area (Å²) >= 11 is 0. The summed E-state index contributed by atoms with van der Waals surface area (Å²) in [5.41, 5.74) is 1.78. The predicted octanol–water partition coefficient (Wildman–Crippen LogP) is 4.55. The number of unbranched alkanes of at least 4 members (excludes halogenated alkanes) is 3.